The van der Waals surface area contributed by atoms with Gasteiger partial charge in [-0.2, -0.15) is 0 Å². The molecule has 0 unspecified atom stereocenters. The molecule has 5 nitrogen and oxygen atoms in total. The number of nitrogens with zero attached hydrogens (tertiary/aromatic N) is 2. The second-order valence-corrected chi connectivity index (χ2v) is 3.41. The number of hydrogen-bond donors (Lipinski definition) is 1. The lowest BCUT2D eigenvalue weighted by Gasteiger charge is -2.01. The van der Waals surface area contributed by atoms with Crippen LogP contribution in [0.3, 0.4) is 0 Å². The van der Waals surface area contributed by atoms with Crippen LogP contribution < -0.4 is 0 Å². The van der Waals surface area contributed by atoms with Crippen LogP contribution in [0, 0.1) is 0 Å². The van der Waals surface area contributed by atoms with Gasteiger partial charge < -0.3 is 9.84 Å². The number of halogens is 2. The first-order chi connectivity index (χ1) is 7.54. The minimum atomic E-state index is -0.841. The normalized spacial score (nSPS) is 11.3. The number of carbonyl (C=O) groups is 1. The number of aliphatic hydroxyl groups is 1. The van der Waals surface area contributed by atoms with Gasteiger partial charge in [0, 0.05) is 5.56 Å². The van der Waals surface area contributed by atoms with E-state index in [1.54, 1.807) is 6.92 Å². The van der Waals surface area contributed by atoms with Crippen molar-refractivity contribution in [3.05, 3.63) is 27.7 Å². The molecule has 1 heterocycles. The smallest absolute Gasteiger partial charge is 0.373 e. The van der Waals surface area contributed by atoms with Crippen molar-refractivity contribution >= 4 is 35.2 Å². The summed E-state index contributed by atoms with van der Waals surface area (Å²) in [7, 11) is 0. The van der Waals surface area contributed by atoms with Crippen molar-refractivity contribution in [1.29, 1.82) is 0 Å². The van der Waals surface area contributed by atoms with Crippen LogP contribution in [-0.4, -0.2) is 27.9 Å². The van der Waals surface area contributed by atoms with E-state index < -0.39 is 11.7 Å². The molecular weight excluding hydrogens is 255 g/mol. The van der Waals surface area contributed by atoms with E-state index in [2.05, 4.69) is 14.9 Å². The highest BCUT2D eigenvalue weighted by molar-refractivity contribution is 6.32. The Morgan fingerprint density at radius 1 is 1.56 bits per heavy atom. The average molecular weight is 263 g/mol. The molecule has 0 saturated heterocycles. The molecule has 0 spiro atoms. The SMILES string of the molecule is CCOC(=O)C(O)=Cc1cc(Cl)nnc1Cl. The van der Waals surface area contributed by atoms with Gasteiger partial charge >= 0.3 is 5.97 Å². The number of hydrogen-bond acceptors (Lipinski definition) is 5. The zero-order valence-electron chi connectivity index (χ0n) is 8.28. The minimum absolute atomic E-state index is 0.0280. The van der Waals surface area contributed by atoms with Crippen molar-refractivity contribution in [3.63, 3.8) is 0 Å². The van der Waals surface area contributed by atoms with Gasteiger partial charge in [-0.15, -0.1) is 10.2 Å². The standard InChI is InChI=1S/C9H8Cl2N2O3/c1-2-16-9(15)6(14)3-5-4-7(10)12-13-8(5)11/h3-4,14H,2H2,1H3. The maximum absolute atomic E-state index is 11.1. The molecule has 16 heavy (non-hydrogen) atoms. The van der Waals surface area contributed by atoms with E-state index in [0.717, 1.165) is 6.08 Å². The largest absolute Gasteiger partial charge is 0.502 e. The van der Waals surface area contributed by atoms with Crippen molar-refractivity contribution in [2.24, 2.45) is 0 Å². The van der Waals surface area contributed by atoms with Gasteiger partial charge in [0.15, 0.2) is 10.3 Å². The summed E-state index contributed by atoms with van der Waals surface area (Å²) in [6, 6.07) is 1.37. The van der Waals surface area contributed by atoms with Crippen LogP contribution in [0.1, 0.15) is 12.5 Å². The summed E-state index contributed by atoms with van der Waals surface area (Å²) in [6.45, 7) is 1.79. The Morgan fingerprint density at radius 3 is 2.88 bits per heavy atom. The van der Waals surface area contributed by atoms with E-state index in [-0.39, 0.29) is 22.5 Å². The van der Waals surface area contributed by atoms with Crippen LogP contribution in [0.2, 0.25) is 10.3 Å². The first-order valence-electron chi connectivity index (χ1n) is 4.31. The fraction of sp³-hybridized carbons (Fsp3) is 0.222. The molecule has 86 valence electrons. The molecular formula is C9H8Cl2N2O3. The van der Waals surface area contributed by atoms with E-state index in [1.807, 2.05) is 0 Å². The van der Waals surface area contributed by atoms with E-state index in [9.17, 15) is 9.90 Å². The molecule has 0 aliphatic heterocycles. The quantitative estimate of drug-likeness (QED) is 0.514. The van der Waals surface area contributed by atoms with Gasteiger partial charge in [-0.1, -0.05) is 23.2 Å². The maximum atomic E-state index is 11.1. The van der Waals surface area contributed by atoms with Gasteiger partial charge in [-0.25, -0.2) is 4.79 Å². The second-order valence-electron chi connectivity index (χ2n) is 2.66. The Morgan fingerprint density at radius 2 is 2.25 bits per heavy atom. The molecule has 0 radical (unpaired) electrons. The van der Waals surface area contributed by atoms with Crippen LogP contribution in [-0.2, 0) is 9.53 Å². The summed E-state index contributed by atoms with van der Waals surface area (Å²) in [4.78, 5) is 11.1. The van der Waals surface area contributed by atoms with Crippen molar-refractivity contribution in [2.75, 3.05) is 6.61 Å². The summed E-state index contributed by atoms with van der Waals surface area (Å²) >= 11 is 11.3. The predicted octanol–water partition coefficient (Wildman–Crippen LogP) is 2.25. The molecule has 0 aliphatic rings. The van der Waals surface area contributed by atoms with Crippen LogP contribution in [0.15, 0.2) is 11.8 Å². The second kappa shape index (κ2) is 5.67. The van der Waals surface area contributed by atoms with Gasteiger partial charge in [0.05, 0.1) is 6.61 Å². The van der Waals surface area contributed by atoms with Crippen molar-refractivity contribution in [1.82, 2.24) is 10.2 Å². The lowest BCUT2D eigenvalue weighted by molar-refractivity contribution is -0.141. The van der Waals surface area contributed by atoms with E-state index in [4.69, 9.17) is 23.2 Å². The Labute approximate surface area is 102 Å². The molecule has 0 fully saturated rings. The van der Waals surface area contributed by atoms with Crippen molar-refractivity contribution < 1.29 is 14.6 Å². The third kappa shape index (κ3) is 3.36. The first-order valence-corrected chi connectivity index (χ1v) is 5.06. The molecule has 0 amide bonds. The highest BCUT2D eigenvalue weighted by Gasteiger charge is 2.10. The van der Waals surface area contributed by atoms with E-state index in [0.29, 0.717) is 0 Å². The molecule has 0 aromatic carbocycles. The average Bonchev–Trinajstić information content (AvgIpc) is 2.23. The molecule has 0 aliphatic carbocycles. The van der Waals surface area contributed by atoms with Crippen LogP contribution in [0.25, 0.3) is 6.08 Å². The first kappa shape index (κ1) is 12.7. The summed E-state index contributed by atoms with van der Waals surface area (Å²) in [5.41, 5.74) is 0.284. The van der Waals surface area contributed by atoms with Gasteiger partial charge in [0.1, 0.15) is 0 Å². The molecule has 1 aromatic heterocycles. The minimum Gasteiger partial charge on any atom is -0.502 e. The Hall–Kier alpha value is -1.33. The molecule has 0 atom stereocenters. The number of ether oxygens (including phenoxy) is 1. The number of rotatable bonds is 3. The predicted molar refractivity (Wildman–Crippen MR) is 59.3 cm³/mol. The Kier molecular flexibility index (Phi) is 4.52. The van der Waals surface area contributed by atoms with Gasteiger partial charge in [-0.05, 0) is 19.1 Å². The fourth-order valence-corrected chi connectivity index (χ4v) is 1.18. The molecule has 0 saturated carbocycles. The third-order valence-corrected chi connectivity index (χ3v) is 2.00. The molecule has 1 aromatic rings. The van der Waals surface area contributed by atoms with Crippen LogP contribution >= 0.6 is 23.2 Å². The zero-order chi connectivity index (χ0) is 12.1. The Bertz CT molecular complexity index is 435. The highest BCUT2D eigenvalue weighted by atomic mass is 35.5. The summed E-state index contributed by atoms with van der Waals surface area (Å²) in [5, 5.41) is 16.5. The summed E-state index contributed by atoms with van der Waals surface area (Å²) in [6.07, 6.45) is 1.11. The van der Waals surface area contributed by atoms with Crippen LogP contribution in [0.4, 0.5) is 0 Å². The number of aliphatic hydroxyl groups excluding tert-OH is 1. The van der Waals surface area contributed by atoms with Gasteiger partial charge in [0.2, 0.25) is 5.76 Å². The molecule has 7 heteroatoms. The third-order valence-electron chi connectivity index (χ3n) is 1.52. The number of esters is 1. The van der Waals surface area contributed by atoms with Gasteiger partial charge in [-0.3, -0.25) is 0 Å². The van der Waals surface area contributed by atoms with Crippen molar-refractivity contribution in [2.45, 2.75) is 6.92 Å². The van der Waals surface area contributed by atoms with E-state index >= 15 is 0 Å². The number of aromatic nitrogens is 2. The summed E-state index contributed by atoms with van der Waals surface area (Å²) < 4.78 is 4.58. The molecule has 1 rings (SSSR count). The summed E-state index contributed by atoms with van der Waals surface area (Å²) in [5.74, 6) is -1.42. The van der Waals surface area contributed by atoms with Gasteiger partial charge in [0.25, 0.3) is 0 Å². The highest BCUT2D eigenvalue weighted by Crippen LogP contribution is 2.18. The topological polar surface area (TPSA) is 72.3 Å². The lowest BCUT2D eigenvalue weighted by atomic mass is 10.2. The monoisotopic (exact) mass is 262 g/mol. The maximum Gasteiger partial charge on any atom is 0.373 e. The molecule has 1 N–H and O–H groups in total. The number of carbonyl (C=O) groups excluding carboxylic acids is 1. The van der Waals surface area contributed by atoms with Crippen molar-refractivity contribution in [3.8, 4) is 0 Å². The molecule has 0 bridgehead atoms. The van der Waals surface area contributed by atoms with E-state index in [1.165, 1.54) is 6.07 Å². The zero-order valence-corrected chi connectivity index (χ0v) is 9.79. The van der Waals surface area contributed by atoms with Crippen LogP contribution in [0.5, 0.6) is 0 Å². The fourth-order valence-electron chi connectivity index (χ4n) is 0.879. The Balaban J connectivity index is 2.97. The lowest BCUT2D eigenvalue weighted by Crippen LogP contribution is -2.06.